The summed E-state index contributed by atoms with van der Waals surface area (Å²) in [5, 5.41) is 0. The fourth-order valence-corrected chi connectivity index (χ4v) is 4.27. The standard InChI is InChI=1S/C11H24N2OS/c1-10-6-8-13(9-7-10)15(14,12-5)11(2,3)4/h10H,6-9H2,1-5H3. The Bertz CT molecular complexity index is 316. The highest BCUT2D eigenvalue weighted by Gasteiger charge is 2.34. The van der Waals surface area contributed by atoms with Crippen LogP contribution in [0.1, 0.15) is 40.5 Å². The highest BCUT2D eigenvalue weighted by molar-refractivity contribution is 7.92. The molecule has 0 N–H and O–H groups in total. The molecule has 1 aliphatic rings. The maximum absolute atomic E-state index is 12.8. The number of nitrogens with zero attached hydrogens (tertiary/aromatic N) is 2. The van der Waals surface area contributed by atoms with E-state index in [9.17, 15) is 4.21 Å². The van der Waals surface area contributed by atoms with Crippen molar-refractivity contribution in [3.63, 3.8) is 0 Å². The second-order valence-electron chi connectivity index (χ2n) is 5.40. The fraction of sp³-hybridized carbons (Fsp3) is 1.00. The topological polar surface area (TPSA) is 32.7 Å². The van der Waals surface area contributed by atoms with Crippen molar-refractivity contribution in [3.05, 3.63) is 0 Å². The van der Waals surface area contributed by atoms with Crippen LogP contribution in [0.25, 0.3) is 0 Å². The summed E-state index contributed by atoms with van der Waals surface area (Å²) in [5.74, 6) is 0.765. The van der Waals surface area contributed by atoms with Gasteiger partial charge < -0.3 is 0 Å². The summed E-state index contributed by atoms with van der Waals surface area (Å²) in [6.07, 6.45) is 2.28. The van der Waals surface area contributed by atoms with E-state index in [-0.39, 0.29) is 4.75 Å². The molecule has 1 fully saturated rings. The SMILES string of the molecule is CN=S(=O)(N1CCC(C)CC1)C(C)(C)C. The molecule has 0 amide bonds. The third-order valence-corrected chi connectivity index (χ3v) is 6.29. The normalized spacial score (nSPS) is 24.9. The van der Waals surface area contributed by atoms with Crippen molar-refractivity contribution in [2.75, 3.05) is 20.1 Å². The van der Waals surface area contributed by atoms with E-state index >= 15 is 0 Å². The van der Waals surface area contributed by atoms with Gasteiger partial charge in [0, 0.05) is 20.1 Å². The van der Waals surface area contributed by atoms with Crippen LogP contribution in [0, 0.1) is 5.92 Å². The van der Waals surface area contributed by atoms with Gasteiger partial charge >= 0.3 is 0 Å². The molecule has 3 nitrogen and oxygen atoms in total. The molecule has 1 aliphatic heterocycles. The Morgan fingerprint density at radius 2 is 1.73 bits per heavy atom. The number of hydrogen-bond donors (Lipinski definition) is 0. The van der Waals surface area contributed by atoms with Gasteiger partial charge in [-0.3, -0.25) is 0 Å². The highest BCUT2D eigenvalue weighted by Crippen LogP contribution is 2.27. The molecule has 0 aliphatic carbocycles. The van der Waals surface area contributed by atoms with Gasteiger partial charge in [0.25, 0.3) is 0 Å². The Kier molecular flexibility index (Phi) is 3.82. The first-order chi connectivity index (χ1) is 6.81. The molecule has 1 rings (SSSR count). The number of piperidine rings is 1. The molecule has 0 aromatic heterocycles. The Morgan fingerprint density at radius 1 is 1.27 bits per heavy atom. The summed E-state index contributed by atoms with van der Waals surface area (Å²) in [4.78, 5) is 0. The summed E-state index contributed by atoms with van der Waals surface area (Å²) in [6, 6.07) is 0. The molecule has 4 heteroatoms. The lowest BCUT2D eigenvalue weighted by Gasteiger charge is -2.37. The zero-order chi connectivity index (χ0) is 11.7. The van der Waals surface area contributed by atoms with Crippen molar-refractivity contribution in [1.29, 1.82) is 0 Å². The van der Waals surface area contributed by atoms with Crippen LogP contribution in [-0.4, -0.2) is 33.4 Å². The van der Waals surface area contributed by atoms with Gasteiger partial charge in [-0.25, -0.2) is 12.9 Å². The average molecular weight is 232 g/mol. The van der Waals surface area contributed by atoms with E-state index in [4.69, 9.17) is 0 Å². The zero-order valence-electron chi connectivity index (χ0n) is 10.6. The van der Waals surface area contributed by atoms with Gasteiger partial charge in [-0.05, 0) is 39.5 Å². The fourth-order valence-electron chi connectivity index (χ4n) is 2.01. The van der Waals surface area contributed by atoms with E-state index in [0.717, 1.165) is 31.8 Å². The van der Waals surface area contributed by atoms with Crippen LogP contribution < -0.4 is 0 Å². The summed E-state index contributed by atoms with van der Waals surface area (Å²) >= 11 is 0. The number of hydrogen-bond acceptors (Lipinski definition) is 2. The molecular formula is C11H24N2OS. The molecule has 90 valence electrons. The third-order valence-electron chi connectivity index (χ3n) is 3.14. The lowest BCUT2D eigenvalue weighted by Crippen LogP contribution is -2.46. The Morgan fingerprint density at radius 3 is 2.07 bits per heavy atom. The lowest BCUT2D eigenvalue weighted by atomic mass is 10.0. The van der Waals surface area contributed by atoms with Crippen molar-refractivity contribution in [1.82, 2.24) is 4.31 Å². The van der Waals surface area contributed by atoms with Crippen LogP contribution >= 0.6 is 0 Å². The molecule has 1 atom stereocenters. The van der Waals surface area contributed by atoms with E-state index in [1.54, 1.807) is 7.05 Å². The summed E-state index contributed by atoms with van der Waals surface area (Å²) in [5.41, 5.74) is 0. The van der Waals surface area contributed by atoms with Crippen LogP contribution in [0.2, 0.25) is 0 Å². The minimum absolute atomic E-state index is 0.262. The maximum Gasteiger partial charge on any atom is 0.115 e. The first-order valence-corrected chi connectivity index (χ1v) is 7.18. The predicted molar refractivity (Wildman–Crippen MR) is 66.2 cm³/mol. The van der Waals surface area contributed by atoms with Crippen LogP contribution in [0.3, 0.4) is 0 Å². The van der Waals surface area contributed by atoms with Crippen molar-refractivity contribution < 1.29 is 4.21 Å². The van der Waals surface area contributed by atoms with Crippen LogP contribution in [0.4, 0.5) is 0 Å². The molecule has 1 unspecified atom stereocenters. The molecule has 1 heterocycles. The molecule has 15 heavy (non-hydrogen) atoms. The van der Waals surface area contributed by atoms with Gasteiger partial charge in [-0.2, -0.15) is 0 Å². The van der Waals surface area contributed by atoms with E-state index in [1.807, 2.05) is 20.8 Å². The molecule has 0 radical (unpaired) electrons. The minimum atomic E-state index is -2.21. The molecule has 0 aromatic rings. The Labute approximate surface area is 94.6 Å². The molecule has 0 bridgehead atoms. The van der Waals surface area contributed by atoms with Crippen LogP contribution in [-0.2, 0) is 9.92 Å². The maximum atomic E-state index is 12.8. The van der Waals surface area contributed by atoms with Gasteiger partial charge in [0.2, 0.25) is 0 Å². The van der Waals surface area contributed by atoms with Crippen molar-refractivity contribution in [2.24, 2.45) is 10.3 Å². The van der Waals surface area contributed by atoms with Crippen LogP contribution in [0.5, 0.6) is 0 Å². The average Bonchev–Trinajstić information content (AvgIpc) is 2.16. The van der Waals surface area contributed by atoms with Crippen molar-refractivity contribution in [3.8, 4) is 0 Å². The van der Waals surface area contributed by atoms with Gasteiger partial charge in [0.15, 0.2) is 0 Å². The van der Waals surface area contributed by atoms with Gasteiger partial charge in [0.05, 0.1) is 4.75 Å². The van der Waals surface area contributed by atoms with Gasteiger partial charge in [-0.15, -0.1) is 0 Å². The summed E-state index contributed by atoms with van der Waals surface area (Å²) in [7, 11) is -0.524. The van der Waals surface area contributed by atoms with Gasteiger partial charge in [0.1, 0.15) is 9.92 Å². The molecule has 1 saturated heterocycles. The van der Waals surface area contributed by atoms with E-state index in [1.165, 1.54) is 0 Å². The number of rotatable bonds is 1. The van der Waals surface area contributed by atoms with E-state index in [2.05, 4.69) is 15.6 Å². The molecule has 0 aromatic carbocycles. The van der Waals surface area contributed by atoms with E-state index < -0.39 is 9.92 Å². The molecule has 0 saturated carbocycles. The van der Waals surface area contributed by atoms with E-state index in [0.29, 0.717) is 0 Å². The molecular weight excluding hydrogens is 208 g/mol. The highest BCUT2D eigenvalue weighted by atomic mass is 32.2. The predicted octanol–water partition coefficient (Wildman–Crippen LogP) is 2.53. The van der Waals surface area contributed by atoms with Crippen molar-refractivity contribution in [2.45, 2.75) is 45.3 Å². The zero-order valence-corrected chi connectivity index (χ0v) is 11.4. The third kappa shape index (κ3) is 2.53. The first kappa shape index (κ1) is 13.0. The smallest absolute Gasteiger partial charge is 0.115 e. The largest absolute Gasteiger partial charge is 0.233 e. The Hall–Kier alpha value is -0.0900. The van der Waals surface area contributed by atoms with Crippen molar-refractivity contribution >= 4 is 9.92 Å². The molecule has 0 spiro atoms. The summed E-state index contributed by atoms with van der Waals surface area (Å²) < 4.78 is 18.8. The lowest BCUT2D eigenvalue weighted by molar-refractivity contribution is 0.292. The second kappa shape index (κ2) is 4.42. The summed E-state index contributed by atoms with van der Waals surface area (Å²) in [6.45, 7) is 10.2. The monoisotopic (exact) mass is 232 g/mol. The minimum Gasteiger partial charge on any atom is -0.233 e. The van der Waals surface area contributed by atoms with Crippen LogP contribution in [0.15, 0.2) is 4.36 Å². The van der Waals surface area contributed by atoms with Gasteiger partial charge in [-0.1, -0.05) is 6.92 Å². The quantitative estimate of drug-likeness (QED) is 0.684. The first-order valence-electron chi connectivity index (χ1n) is 5.71. The second-order valence-corrected chi connectivity index (χ2v) is 8.50. The Balaban J connectivity index is 2.91.